The zero-order chi connectivity index (χ0) is 13.3. The van der Waals surface area contributed by atoms with Gasteiger partial charge in [0.2, 0.25) is 0 Å². The monoisotopic (exact) mass is 366 g/mol. The number of nitrogens with one attached hydrogen (secondary N) is 1. The largest absolute Gasteiger partial charge is 0.333 e. The Morgan fingerprint density at radius 1 is 1.47 bits per heavy atom. The molecule has 2 unspecified atom stereocenters. The first-order chi connectivity index (χ1) is 8.49. The number of hydrogen-bond donors (Lipinski definition) is 1. The van der Waals surface area contributed by atoms with Crippen molar-refractivity contribution in [2.45, 2.75) is 25.9 Å². The van der Waals surface area contributed by atoms with Gasteiger partial charge in [-0.25, -0.2) is 0 Å². The van der Waals surface area contributed by atoms with Crippen molar-refractivity contribution in [2.24, 2.45) is 0 Å². The van der Waals surface area contributed by atoms with E-state index < -0.39 is 0 Å². The van der Waals surface area contributed by atoms with E-state index in [0.29, 0.717) is 23.2 Å². The van der Waals surface area contributed by atoms with E-state index in [1.54, 1.807) is 12.1 Å². The van der Waals surface area contributed by atoms with Crippen LogP contribution in [0, 0.1) is 0 Å². The van der Waals surface area contributed by atoms with Gasteiger partial charge in [-0.1, -0.05) is 27.5 Å². The van der Waals surface area contributed by atoms with Crippen molar-refractivity contribution in [1.29, 1.82) is 0 Å². The van der Waals surface area contributed by atoms with E-state index in [9.17, 15) is 4.79 Å². The highest BCUT2D eigenvalue weighted by Crippen LogP contribution is 2.24. The van der Waals surface area contributed by atoms with Crippen LogP contribution in [-0.4, -0.2) is 36.0 Å². The minimum absolute atomic E-state index is 0. The summed E-state index contributed by atoms with van der Waals surface area (Å²) in [6.45, 7) is 5.66. The van der Waals surface area contributed by atoms with Crippen molar-refractivity contribution < 1.29 is 4.79 Å². The predicted octanol–water partition coefficient (Wildman–Crippen LogP) is 3.35. The Balaban J connectivity index is 0.00000180. The van der Waals surface area contributed by atoms with Crippen LogP contribution in [0.4, 0.5) is 0 Å². The zero-order valence-corrected chi connectivity index (χ0v) is 14.0. The summed E-state index contributed by atoms with van der Waals surface area (Å²) in [6.07, 6.45) is 0. The highest BCUT2D eigenvalue weighted by Gasteiger charge is 2.28. The molecule has 3 nitrogen and oxygen atoms in total. The standard InChI is InChI=1S/C13H16BrClN2O.ClH/c1-8-7-17(9(2)6-16-8)13(18)11-4-3-10(14)5-12(11)15;/h3-5,8-9,16H,6-7H2,1-2H3;1H. The number of nitrogens with zero attached hydrogens (tertiary/aromatic N) is 1. The van der Waals surface area contributed by atoms with Crippen LogP contribution in [0.5, 0.6) is 0 Å². The van der Waals surface area contributed by atoms with Gasteiger partial charge in [0.1, 0.15) is 0 Å². The Labute approximate surface area is 133 Å². The Kier molecular flexibility index (Phi) is 6.12. The summed E-state index contributed by atoms with van der Waals surface area (Å²) in [6, 6.07) is 5.88. The number of amides is 1. The molecular formula is C13H17BrCl2N2O. The molecule has 1 amide bonds. The summed E-state index contributed by atoms with van der Waals surface area (Å²) in [5.74, 6) is 0.00773. The number of benzene rings is 1. The second-order valence-corrected chi connectivity index (χ2v) is 6.06. The molecule has 106 valence electrons. The fourth-order valence-electron chi connectivity index (χ4n) is 2.12. The second kappa shape index (κ2) is 6.93. The van der Waals surface area contributed by atoms with Crippen LogP contribution in [0.15, 0.2) is 22.7 Å². The zero-order valence-electron chi connectivity index (χ0n) is 10.8. The molecule has 0 aliphatic carbocycles. The van der Waals surface area contributed by atoms with Crippen LogP contribution in [-0.2, 0) is 0 Å². The Hall–Kier alpha value is -0.290. The van der Waals surface area contributed by atoms with Crippen LogP contribution < -0.4 is 5.32 Å². The van der Waals surface area contributed by atoms with Crippen LogP contribution >= 0.6 is 39.9 Å². The number of hydrogen-bond acceptors (Lipinski definition) is 2. The summed E-state index contributed by atoms with van der Waals surface area (Å²) in [5.41, 5.74) is 0.570. The maximum Gasteiger partial charge on any atom is 0.255 e. The Morgan fingerprint density at radius 3 is 2.79 bits per heavy atom. The molecule has 0 aromatic heterocycles. The molecule has 0 spiro atoms. The molecule has 1 aliphatic rings. The van der Waals surface area contributed by atoms with E-state index in [1.165, 1.54) is 0 Å². The summed E-state index contributed by atoms with van der Waals surface area (Å²) in [4.78, 5) is 14.4. The molecule has 0 radical (unpaired) electrons. The highest BCUT2D eigenvalue weighted by atomic mass is 79.9. The topological polar surface area (TPSA) is 32.3 Å². The molecule has 0 bridgehead atoms. The van der Waals surface area contributed by atoms with Gasteiger partial charge in [-0.05, 0) is 32.0 Å². The van der Waals surface area contributed by atoms with E-state index in [2.05, 4.69) is 28.2 Å². The highest BCUT2D eigenvalue weighted by molar-refractivity contribution is 9.10. The van der Waals surface area contributed by atoms with Crippen LogP contribution in [0.25, 0.3) is 0 Å². The van der Waals surface area contributed by atoms with E-state index in [1.807, 2.05) is 17.9 Å². The van der Waals surface area contributed by atoms with Crippen LogP contribution in [0.3, 0.4) is 0 Å². The maximum absolute atomic E-state index is 12.5. The molecular weight excluding hydrogens is 351 g/mol. The number of carbonyl (C=O) groups excluding carboxylic acids is 1. The lowest BCUT2D eigenvalue weighted by atomic mass is 10.1. The van der Waals surface area contributed by atoms with Crippen molar-refractivity contribution in [3.05, 3.63) is 33.3 Å². The molecule has 1 heterocycles. The summed E-state index contributed by atoms with van der Waals surface area (Å²) in [7, 11) is 0. The van der Waals surface area contributed by atoms with Gasteiger partial charge in [-0.3, -0.25) is 4.79 Å². The molecule has 1 aromatic carbocycles. The van der Waals surface area contributed by atoms with Crippen molar-refractivity contribution >= 4 is 45.8 Å². The van der Waals surface area contributed by atoms with Gasteiger partial charge in [0, 0.05) is 29.6 Å². The fraction of sp³-hybridized carbons (Fsp3) is 0.462. The van der Waals surface area contributed by atoms with Crippen molar-refractivity contribution in [3.8, 4) is 0 Å². The molecule has 1 fully saturated rings. The predicted molar refractivity (Wildman–Crippen MR) is 84.4 cm³/mol. The fourth-order valence-corrected chi connectivity index (χ4v) is 2.88. The summed E-state index contributed by atoms with van der Waals surface area (Å²) >= 11 is 9.48. The van der Waals surface area contributed by atoms with Gasteiger partial charge in [-0.2, -0.15) is 0 Å². The average molecular weight is 368 g/mol. The summed E-state index contributed by atoms with van der Waals surface area (Å²) < 4.78 is 0.880. The molecule has 0 saturated carbocycles. The molecule has 19 heavy (non-hydrogen) atoms. The van der Waals surface area contributed by atoms with Gasteiger partial charge >= 0.3 is 0 Å². The number of piperazine rings is 1. The van der Waals surface area contributed by atoms with Gasteiger partial charge < -0.3 is 10.2 Å². The van der Waals surface area contributed by atoms with Crippen LogP contribution in [0.2, 0.25) is 5.02 Å². The van der Waals surface area contributed by atoms with E-state index in [0.717, 1.165) is 11.0 Å². The third-order valence-corrected chi connectivity index (χ3v) is 3.99. The van der Waals surface area contributed by atoms with Crippen molar-refractivity contribution in [2.75, 3.05) is 13.1 Å². The third-order valence-electron chi connectivity index (χ3n) is 3.19. The maximum atomic E-state index is 12.5. The number of halogens is 3. The van der Waals surface area contributed by atoms with Gasteiger partial charge in [0.05, 0.1) is 10.6 Å². The average Bonchev–Trinajstić information content (AvgIpc) is 2.31. The van der Waals surface area contributed by atoms with Crippen molar-refractivity contribution in [1.82, 2.24) is 10.2 Å². The molecule has 1 N–H and O–H groups in total. The minimum atomic E-state index is 0. The van der Waals surface area contributed by atoms with Crippen molar-refractivity contribution in [3.63, 3.8) is 0 Å². The Bertz CT molecular complexity index is 470. The number of carbonyl (C=O) groups is 1. The first-order valence-electron chi connectivity index (χ1n) is 5.98. The SMILES string of the molecule is CC1CN(C(=O)c2ccc(Br)cc2Cl)C(C)CN1.Cl. The van der Waals surface area contributed by atoms with Crippen LogP contribution in [0.1, 0.15) is 24.2 Å². The Morgan fingerprint density at radius 2 is 2.16 bits per heavy atom. The van der Waals surface area contributed by atoms with Gasteiger partial charge in [0.15, 0.2) is 0 Å². The molecule has 6 heteroatoms. The minimum Gasteiger partial charge on any atom is -0.333 e. The van der Waals surface area contributed by atoms with E-state index >= 15 is 0 Å². The third kappa shape index (κ3) is 3.85. The van der Waals surface area contributed by atoms with Gasteiger partial charge in [0.25, 0.3) is 5.91 Å². The second-order valence-electron chi connectivity index (χ2n) is 4.74. The first-order valence-corrected chi connectivity index (χ1v) is 7.15. The van der Waals surface area contributed by atoms with Gasteiger partial charge in [-0.15, -0.1) is 12.4 Å². The summed E-state index contributed by atoms with van der Waals surface area (Å²) in [5, 5.41) is 3.85. The molecule has 1 aliphatic heterocycles. The quantitative estimate of drug-likeness (QED) is 0.825. The first kappa shape index (κ1) is 16.8. The molecule has 1 saturated heterocycles. The number of rotatable bonds is 1. The molecule has 1 aromatic rings. The van der Waals surface area contributed by atoms with E-state index in [4.69, 9.17) is 11.6 Å². The lowest BCUT2D eigenvalue weighted by Crippen LogP contribution is -2.56. The molecule has 2 atom stereocenters. The lowest BCUT2D eigenvalue weighted by Gasteiger charge is -2.37. The smallest absolute Gasteiger partial charge is 0.255 e. The normalized spacial score (nSPS) is 22.8. The molecule has 2 rings (SSSR count). The van der Waals surface area contributed by atoms with E-state index in [-0.39, 0.29) is 24.4 Å². The lowest BCUT2D eigenvalue weighted by molar-refractivity contribution is 0.0616.